The van der Waals surface area contributed by atoms with Gasteiger partial charge >= 0.3 is 0 Å². The second-order valence-electron chi connectivity index (χ2n) is 5.96. The van der Waals surface area contributed by atoms with Gasteiger partial charge in [-0.05, 0) is 48.9 Å². The molecule has 1 rings (SSSR count). The Balaban J connectivity index is 2.42. The first-order valence-corrected chi connectivity index (χ1v) is 6.54. The van der Waals surface area contributed by atoms with Crippen molar-refractivity contribution in [2.75, 3.05) is 0 Å². The van der Waals surface area contributed by atoms with Crippen LogP contribution in [0.15, 0.2) is 0 Å². The van der Waals surface area contributed by atoms with E-state index in [1.165, 1.54) is 25.7 Å². The first kappa shape index (κ1) is 12.1. The molecule has 0 aliphatic heterocycles. The highest BCUT2D eigenvalue weighted by Crippen LogP contribution is 2.41. The van der Waals surface area contributed by atoms with E-state index in [1.807, 2.05) is 0 Å². The molecule has 0 bridgehead atoms. The van der Waals surface area contributed by atoms with Crippen LogP contribution in [0.25, 0.3) is 0 Å². The molecule has 0 saturated heterocycles. The molecule has 0 heteroatoms. The quantitative estimate of drug-likeness (QED) is 0.609. The standard InChI is InChI=1S/C14H28/c1-6-13(10(2)3)9-14-8-11(4)7-12(14)5/h10-14H,6-9H2,1-5H3. The molecule has 14 heavy (non-hydrogen) atoms. The van der Waals surface area contributed by atoms with Gasteiger partial charge in [-0.25, -0.2) is 0 Å². The van der Waals surface area contributed by atoms with Crippen LogP contribution in [0.1, 0.15) is 60.3 Å². The van der Waals surface area contributed by atoms with E-state index in [2.05, 4.69) is 34.6 Å². The molecule has 0 nitrogen and oxygen atoms in total. The minimum Gasteiger partial charge on any atom is -0.0651 e. The van der Waals surface area contributed by atoms with Crippen molar-refractivity contribution in [3.63, 3.8) is 0 Å². The zero-order valence-electron chi connectivity index (χ0n) is 10.7. The zero-order valence-corrected chi connectivity index (χ0v) is 10.7. The molecule has 84 valence electrons. The summed E-state index contributed by atoms with van der Waals surface area (Å²) in [6.45, 7) is 12.0. The average molecular weight is 196 g/mol. The third-order valence-electron chi connectivity index (χ3n) is 4.36. The molecule has 1 aliphatic rings. The first-order chi connectivity index (χ1) is 6.54. The van der Waals surface area contributed by atoms with Crippen LogP contribution in [-0.2, 0) is 0 Å². The van der Waals surface area contributed by atoms with Gasteiger partial charge < -0.3 is 0 Å². The Bertz CT molecular complexity index is 159. The minimum absolute atomic E-state index is 0.878. The highest BCUT2D eigenvalue weighted by molar-refractivity contribution is 4.81. The predicted molar refractivity (Wildman–Crippen MR) is 64.3 cm³/mol. The molecule has 0 spiro atoms. The molecule has 0 N–H and O–H groups in total. The maximum Gasteiger partial charge on any atom is -0.0383 e. The van der Waals surface area contributed by atoms with Crippen LogP contribution in [0.2, 0.25) is 0 Å². The first-order valence-electron chi connectivity index (χ1n) is 6.54. The minimum atomic E-state index is 0.878. The lowest BCUT2D eigenvalue weighted by atomic mass is 9.81. The summed E-state index contributed by atoms with van der Waals surface area (Å²) < 4.78 is 0. The van der Waals surface area contributed by atoms with Crippen LogP contribution in [0, 0.1) is 29.6 Å². The monoisotopic (exact) mass is 196 g/mol. The van der Waals surface area contributed by atoms with E-state index in [-0.39, 0.29) is 0 Å². The molecule has 0 amide bonds. The fourth-order valence-electron chi connectivity index (χ4n) is 3.30. The van der Waals surface area contributed by atoms with Crippen LogP contribution < -0.4 is 0 Å². The number of hydrogen-bond acceptors (Lipinski definition) is 0. The summed E-state index contributed by atoms with van der Waals surface area (Å²) in [7, 11) is 0. The molecule has 0 aromatic rings. The lowest BCUT2D eigenvalue weighted by Gasteiger charge is -2.25. The Morgan fingerprint density at radius 1 is 1.14 bits per heavy atom. The molecular formula is C14H28. The van der Waals surface area contributed by atoms with Gasteiger partial charge in [-0.2, -0.15) is 0 Å². The van der Waals surface area contributed by atoms with E-state index in [1.54, 1.807) is 0 Å². The smallest absolute Gasteiger partial charge is 0.0383 e. The Hall–Kier alpha value is 0. The molecule has 4 unspecified atom stereocenters. The van der Waals surface area contributed by atoms with Crippen molar-refractivity contribution in [1.29, 1.82) is 0 Å². The third kappa shape index (κ3) is 3.00. The molecule has 0 heterocycles. The van der Waals surface area contributed by atoms with Gasteiger partial charge in [0, 0.05) is 0 Å². The molecule has 1 fully saturated rings. The predicted octanol–water partition coefficient (Wildman–Crippen LogP) is 4.74. The van der Waals surface area contributed by atoms with Crippen molar-refractivity contribution in [3.8, 4) is 0 Å². The van der Waals surface area contributed by atoms with Gasteiger partial charge in [0.05, 0.1) is 0 Å². The van der Waals surface area contributed by atoms with Crippen LogP contribution >= 0.6 is 0 Å². The van der Waals surface area contributed by atoms with Crippen LogP contribution in [-0.4, -0.2) is 0 Å². The van der Waals surface area contributed by atoms with Gasteiger partial charge in [-0.15, -0.1) is 0 Å². The van der Waals surface area contributed by atoms with E-state index in [0.717, 1.165) is 29.6 Å². The number of hydrogen-bond donors (Lipinski definition) is 0. The van der Waals surface area contributed by atoms with E-state index in [4.69, 9.17) is 0 Å². The summed E-state index contributed by atoms with van der Waals surface area (Å²) in [5.41, 5.74) is 0. The van der Waals surface area contributed by atoms with Gasteiger partial charge in [0.15, 0.2) is 0 Å². The second-order valence-corrected chi connectivity index (χ2v) is 5.96. The van der Waals surface area contributed by atoms with Crippen molar-refractivity contribution >= 4 is 0 Å². The zero-order chi connectivity index (χ0) is 10.7. The summed E-state index contributed by atoms with van der Waals surface area (Å²) >= 11 is 0. The number of rotatable bonds is 4. The maximum absolute atomic E-state index is 2.46. The van der Waals surface area contributed by atoms with Gasteiger partial charge in [-0.3, -0.25) is 0 Å². The molecule has 0 aromatic carbocycles. The third-order valence-corrected chi connectivity index (χ3v) is 4.36. The Kier molecular flexibility index (Phi) is 4.47. The second kappa shape index (κ2) is 5.19. The largest absolute Gasteiger partial charge is 0.0651 e. The summed E-state index contributed by atoms with van der Waals surface area (Å²) in [5, 5.41) is 0. The van der Waals surface area contributed by atoms with Crippen molar-refractivity contribution < 1.29 is 0 Å². The molecule has 0 aromatic heterocycles. The van der Waals surface area contributed by atoms with Crippen molar-refractivity contribution in [2.45, 2.75) is 60.3 Å². The van der Waals surface area contributed by atoms with Gasteiger partial charge in [0.2, 0.25) is 0 Å². The van der Waals surface area contributed by atoms with Gasteiger partial charge in [0.1, 0.15) is 0 Å². The van der Waals surface area contributed by atoms with E-state index < -0.39 is 0 Å². The van der Waals surface area contributed by atoms with Crippen molar-refractivity contribution in [2.24, 2.45) is 29.6 Å². The van der Waals surface area contributed by atoms with Crippen molar-refractivity contribution in [1.82, 2.24) is 0 Å². The van der Waals surface area contributed by atoms with Gasteiger partial charge in [0.25, 0.3) is 0 Å². The molecule has 4 atom stereocenters. The van der Waals surface area contributed by atoms with E-state index >= 15 is 0 Å². The van der Waals surface area contributed by atoms with Crippen molar-refractivity contribution in [3.05, 3.63) is 0 Å². The Labute approximate surface area is 90.5 Å². The van der Waals surface area contributed by atoms with E-state index in [9.17, 15) is 0 Å². The van der Waals surface area contributed by atoms with Crippen LogP contribution in [0.4, 0.5) is 0 Å². The molecule has 1 aliphatic carbocycles. The fraction of sp³-hybridized carbons (Fsp3) is 1.00. The maximum atomic E-state index is 2.46. The topological polar surface area (TPSA) is 0 Å². The highest BCUT2D eigenvalue weighted by atomic mass is 14.4. The molecule has 1 saturated carbocycles. The lowest BCUT2D eigenvalue weighted by molar-refractivity contribution is 0.257. The fourth-order valence-corrected chi connectivity index (χ4v) is 3.30. The Morgan fingerprint density at radius 3 is 2.14 bits per heavy atom. The molecule has 0 radical (unpaired) electrons. The SMILES string of the molecule is CCC(CC1CC(C)CC1C)C(C)C. The summed E-state index contributed by atoms with van der Waals surface area (Å²) in [6, 6.07) is 0. The summed E-state index contributed by atoms with van der Waals surface area (Å²) in [4.78, 5) is 0. The Morgan fingerprint density at radius 2 is 1.79 bits per heavy atom. The normalized spacial score (nSPS) is 35.1. The average Bonchev–Trinajstić information content (AvgIpc) is 2.40. The lowest BCUT2D eigenvalue weighted by Crippen LogP contribution is -2.15. The molecular weight excluding hydrogens is 168 g/mol. The van der Waals surface area contributed by atoms with Crippen LogP contribution in [0.3, 0.4) is 0 Å². The van der Waals surface area contributed by atoms with Gasteiger partial charge in [-0.1, -0.05) is 41.0 Å². The van der Waals surface area contributed by atoms with Crippen LogP contribution in [0.5, 0.6) is 0 Å². The summed E-state index contributed by atoms with van der Waals surface area (Å²) in [5.74, 6) is 4.84. The van der Waals surface area contributed by atoms with E-state index in [0.29, 0.717) is 0 Å². The summed E-state index contributed by atoms with van der Waals surface area (Å²) in [6.07, 6.45) is 5.82. The highest BCUT2D eigenvalue weighted by Gasteiger charge is 2.30.